The second kappa shape index (κ2) is 8.99. The summed E-state index contributed by atoms with van der Waals surface area (Å²) in [6.07, 6.45) is 5.98. The number of ether oxygens (including phenoxy) is 1. The van der Waals surface area contributed by atoms with E-state index in [1.165, 1.54) is 6.07 Å². The summed E-state index contributed by atoms with van der Waals surface area (Å²) >= 11 is 0. The minimum atomic E-state index is -0.224. The minimum Gasteiger partial charge on any atom is -0.385 e. The molecule has 1 amide bonds. The molecule has 0 radical (unpaired) electrons. The Labute approximate surface area is 154 Å². The molecule has 0 unspecified atom stereocenters. The lowest BCUT2D eigenvalue weighted by Gasteiger charge is -2.32. The van der Waals surface area contributed by atoms with Gasteiger partial charge in [-0.3, -0.25) is 4.79 Å². The lowest BCUT2D eigenvalue weighted by molar-refractivity contribution is -0.139. The second-order valence-electron chi connectivity index (χ2n) is 6.99. The van der Waals surface area contributed by atoms with Crippen molar-refractivity contribution in [3.05, 3.63) is 59.7 Å². The van der Waals surface area contributed by atoms with Crippen LogP contribution in [0.5, 0.6) is 0 Å². The predicted molar refractivity (Wildman–Crippen MR) is 99.2 cm³/mol. The van der Waals surface area contributed by atoms with Gasteiger partial charge in [0.2, 0.25) is 5.91 Å². The quantitative estimate of drug-likeness (QED) is 0.638. The van der Waals surface area contributed by atoms with Crippen LogP contribution in [0.25, 0.3) is 0 Å². The molecule has 4 nitrogen and oxygen atoms in total. The van der Waals surface area contributed by atoms with Crippen LogP contribution in [0.1, 0.15) is 36.9 Å². The summed E-state index contributed by atoms with van der Waals surface area (Å²) in [5.74, 6) is 0.215. The van der Waals surface area contributed by atoms with Gasteiger partial charge in [-0.1, -0.05) is 18.6 Å². The molecule has 1 aliphatic carbocycles. The molecule has 1 aromatic carbocycles. The predicted octanol–water partition coefficient (Wildman–Crippen LogP) is 3.84. The largest absolute Gasteiger partial charge is 0.385 e. The van der Waals surface area contributed by atoms with E-state index in [2.05, 4.69) is 4.57 Å². The summed E-state index contributed by atoms with van der Waals surface area (Å²) in [5.41, 5.74) is 1.98. The maximum Gasteiger partial charge on any atom is 0.226 e. The third-order valence-corrected chi connectivity index (χ3v) is 5.06. The molecule has 0 bridgehead atoms. The SMILES string of the molecule is COCCCN(Cc1cccn1Cc1cccc(F)c1)C(=O)C1CCC1. The van der Waals surface area contributed by atoms with Crippen molar-refractivity contribution in [3.8, 4) is 0 Å². The minimum absolute atomic E-state index is 0.184. The number of carbonyl (C=O) groups is 1. The number of hydrogen-bond acceptors (Lipinski definition) is 2. The second-order valence-corrected chi connectivity index (χ2v) is 6.99. The van der Waals surface area contributed by atoms with Crippen molar-refractivity contribution in [1.29, 1.82) is 0 Å². The first-order chi connectivity index (χ1) is 12.7. The topological polar surface area (TPSA) is 34.5 Å². The Kier molecular flexibility index (Phi) is 6.45. The van der Waals surface area contributed by atoms with E-state index in [0.29, 0.717) is 26.2 Å². The van der Waals surface area contributed by atoms with Crippen LogP contribution >= 0.6 is 0 Å². The first-order valence-corrected chi connectivity index (χ1v) is 9.33. The molecule has 3 rings (SSSR count). The van der Waals surface area contributed by atoms with Gasteiger partial charge in [-0.15, -0.1) is 0 Å². The maximum atomic E-state index is 13.4. The van der Waals surface area contributed by atoms with E-state index in [4.69, 9.17) is 4.74 Å². The van der Waals surface area contributed by atoms with Gasteiger partial charge >= 0.3 is 0 Å². The molecule has 0 atom stereocenters. The van der Waals surface area contributed by atoms with Crippen molar-refractivity contribution < 1.29 is 13.9 Å². The van der Waals surface area contributed by atoms with Crippen molar-refractivity contribution in [2.75, 3.05) is 20.3 Å². The fraction of sp³-hybridized carbons (Fsp3) is 0.476. The first kappa shape index (κ1) is 18.6. The molecule has 1 aromatic heterocycles. The van der Waals surface area contributed by atoms with E-state index >= 15 is 0 Å². The summed E-state index contributed by atoms with van der Waals surface area (Å²) in [7, 11) is 1.68. The number of carbonyl (C=O) groups excluding carboxylic acids is 1. The van der Waals surface area contributed by atoms with E-state index in [1.807, 2.05) is 29.3 Å². The maximum absolute atomic E-state index is 13.4. The van der Waals surface area contributed by atoms with Crippen LogP contribution < -0.4 is 0 Å². The number of halogens is 1. The van der Waals surface area contributed by atoms with Crippen LogP contribution in [0.15, 0.2) is 42.6 Å². The van der Waals surface area contributed by atoms with Crippen LogP contribution in [-0.4, -0.2) is 35.6 Å². The van der Waals surface area contributed by atoms with Gasteiger partial charge in [0.05, 0.1) is 6.54 Å². The van der Waals surface area contributed by atoms with Gasteiger partial charge in [0, 0.05) is 44.6 Å². The number of aromatic nitrogens is 1. The van der Waals surface area contributed by atoms with Crippen molar-refractivity contribution in [2.24, 2.45) is 5.92 Å². The van der Waals surface area contributed by atoms with Gasteiger partial charge in [0.25, 0.3) is 0 Å². The van der Waals surface area contributed by atoms with Crippen LogP contribution in [-0.2, 0) is 22.6 Å². The van der Waals surface area contributed by atoms with Gasteiger partial charge < -0.3 is 14.2 Å². The van der Waals surface area contributed by atoms with Crippen LogP contribution in [0.4, 0.5) is 4.39 Å². The highest BCUT2D eigenvalue weighted by Crippen LogP contribution is 2.29. The molecule has 2 aromatic rings. The molecule has 0 N–H and O–H groups in total. The number of methoxy groups -OCH3 is 1. The normalized spacial score (nSPS) is 14.2. The molecule has 1 heterocycles. The zero-order valence-electron chi connectivity index (χ0n) is 15.4. The number of hydrogen-bond donors (Lipinski definition) is 0. The molecular weight excluding hydrogens is 331 g/mol. The molecule has 1 aliphatic rings. The summed E-state index contributed by atoms with van der Waals surface area (Å²) in [6.45, 7) is 2.54. The molecule has 26 heavy (non-hydrogen) atoms. The van der Waals surface area contributed by atoms with Crippen LogP contribution in [0, 0.1) is 11.7 Å². The lowest BCUT2D eigenvalue weighted by atomic mass is 9.84. The van der Waals surface area contributed by atoms with E-state index in [1.54, 1.807) is 19.2 Å². The summed E-state index contributed by atoms with van der Waals surface area (Å²) in [6, 6.07) is 10.7. The van der Waals surface area contributed by atoms with E-state index in [-0.39, 0.29) is 17.6 Å². The number of rotatable bonds is 9. The smallest absolute Gasteiger partial charge is 0.226 e. The average molecular weight is 358 g/mol. The Bertz CT molecular complexity index is 724. The standard InChI is InChI=1S/C21H27FN2O2/c1-26-13-5-12-24(21(25)18-7-3-8-18)16-20-10-4-11-23(20)15-17-6-2-9-19(22)14-17/h2,4,6,9-11,14,18H,3,5,7-8,12-13,15-16H2,1H3. The van der Waals surface area contributed by atoms with E-state index < -0.39 is 0 Å². The average Bonchev–Trinajstić information content (AvgIpc) is 2.99. The molecule has 1 fully saturated rings. The van der Waals surface area contributed by atoms with Gasteiger partial charge in [-0.25, -0.2) is 4.39 Å². The molecular formula is C21H27FN2O2. The van der Waals surface area contributed by atoms with E-state index in [0.717, 1.165) is 36.9 Å². The van der Waals surface area contributed by atoms with Crippen LogP contribution in [0.3, 0.4) is 0 Å². The highest BCUT2D eigenvalue weighted by Gasteiger charge is 2.29. The van der Waals surface area contributed by atoms with Gasteiger partial charge in [0.15, 0.2) is 0 Å². The fourth-order valence-electron chi connectivity index (χ4n) is 3.36. The third kappa shape index (κ3) is 4.73. The highest BCUT2D eigenvalue weighted by molar-refractivity contribution is 5.79. The lowest BCUT2D eigenvalue weighted by Crippen LogP contribution is -2.39. The number of nitrogens with zero attached hydrogens (tertiary/aromatic N) is 2. The van der Waals surface area contributed by atoms with Gasteiger partial charge in [-0.05, 0) is 49.1 Å². The van der Waals surface area contributed by atoms with Gasteiger partial charge in [-0.2, -0.15) is 0 Å². The van der Waals surface area contributed by atoms with Crippen molar-refractivity contribution >= 4 is 5.91 Å². The van der Waals surface area contributed by atoms with Gasteiger partial charge in [0.1, 0.15) is 5.82 Å². The zero-order valence-corrected chi connectivity index (χ0v) is 15.4. The zero-order chi connectivity index (χ0) is 18.4. The summed E-state index contributed by atoms with van der Waals surface area (Å²) < 4.78 is 20.7. The Morgan fingerprint density at radius 1 is 1.31 bits per heavy atom. The van der Waals surface area contributed by atoms with E-state index in [9.17, 15) is 9.18 Å². The molecule has 0 aliphatic heterocycles. The first-order valence-electron chi connectivity index (χ1n) is 9.33. The Morgan fingerprint density at radius 3 is 2.85 bits per heavy atom. The van der Waals surface area contributed by atoms with Crippen molar-refractivity contribution in [2.45, 2.75) is 38.8 Å². The Morgan fingerprint density at radius 2 is 2.15 bits per heavy atom. The summed E-state index contributed by atoms with van der Waals surface area (Å²) in [5, 5.41) is 0. The molecule has 0 saturated heterocycles. The molecule has 0 spiro atoms. The fourth-order valence-corrected chi connectivity index (χ4v) is 3.36. The highest BCUT2D eigenvalue weighted by atomic mass is 19.1. The third-order valence-electron chi connectivity index (χ3n) is 5.06. The van der Waals surface area contributed by atoms with Crippen molar-refractivity contribution in [1.82, 2.24) is 9.47 Å². The Hall–Kier alpha value is -2.14. The summed E-state index contributed by atoms with van der Waals surface area (Å²) in [4.78, 5) is 14.7. The number of amides is 1. The number of benzene rings is 1. The monoisotopic (exact) mass is 358 g/mol. The molecule has 1 saturated carbocycles. The van der Waals surface area contributed by atoms with Crippen LogP contribution in [0.2, 0.25) is 0 Å². The molecule has 5 heteroatoms. The Balaban J connectivity index is 1.69. The van der Waals surface area contributed by atoms with Crippen molar-refractivity contribution in [3.63, 3.8) is 0 Å². The molecule has 140 valence electrons.